The van der Waals surface area contributed by atoms with E-state index < -0.39 is 6.10 Å². The molecule has 0 aliphatic carbocycles. The Morgan fingerprint density at radius 2 is 1.88 bits per heavy atom. The number of amides is 1. The first-order valence-electron chi connectivity index (χ1n) is 8.13. The molecule has 0 saturated carbocycles. The van der Waals surface area contributed by atoms with Crippen LogP contribution in [0.15, 0.2) is 67.3 Å². The second kappa shape index (κ2) is 8.21. The minimum atomic E-state index is -0.631. The van der Waals surface area contributed by atoms with Crippen molar-refractivity contribution in [3.63, 3.8) is 0 Å². The molecule has 6 nitrogen and oxygen atoms in total. The van der Waals surface area contributed by atoms with E-state index in [-0.39, 0.29) is 12.5 Å². The molecule has 1 unspecified atom stereocenters. The molecule has 0 bridgehead atoms. The number of carbonyl (C=O) groups excluding carboxylic acids is 1. The number of carbonyl (C=O) groups is 1. The van der Waals surface area contributed by atoms with Crippen molar-refractivity contribution in [3.05, 3.63) is 83.9 Å². The summed E-state index contributed by atoms with van der Waals surface area (Å²) in [4.78, 5) is 16.4. The van der Waals surface area contributed by atoms with E-state index in [2.05, 4.69) is 15.4 Å². The number of nitrogens with zero attached hydrogens (tertiary/aromatic N) is 3. The van der Waals surface area contributed by atoms with Crippen LogP contribution in [0.25, 0.3) is 0 Å². The summed E-state index contributed by atoms with van der Waals surface area (Å²) in [5.74, 6) is -0.206. The normalized spacial score (nSPS) is 11.9. The third-order valence-electron chi connectivity index (χ3n) is 3.87. The first-order chi connectivity index (χ1) is 12.2. The second-order valence-electron chi connectivity index (χ2n) is 5.80. The number of rotatable bonds is 7. The van der Waals surface area contributed by atoms with Crippen LogP contribution in [0, 0.1) is 0 Å². The van der Waals surface area contributed by atoms with Crippen molar-refractivity contribution in [2.75, 3.05) is 6.54 Å². The summed E-state index contributed by atoms with van der Waals surface area (Å²) in [6.45, 7) is 0.668. The van der Waals surface area contributed by atoms with Gasteiger partial charge in [-0.3, -0.25) is 4.79 Å². The zero-order chi connectivity index (χ0) is 17.5. The molecule has 1 heterocycles. The maximum absolute atomic E-state index is 12.5. The van der Waals surface area contributed by atoms with Crippen LogP contribution in [0.3, 0.4) is 0 Å². The largest absolute Gasteiger partial charge is 0.391 e. The molecule has 3 aromatic rings. The van der Waals surface area contributed by atoms with Crippen molar-refractivity contribution in [1.82, 2.24) is 20.1 Å². The van der Waals surface area contributed by atoms with Crippen LogP contribution in [0.1, 0.15) is 21.5 Å². The Morgan fingerprint density at radius 1 is 1.12 bits per heavy atom. The fraction of sp³-hybridized carbons (Fsp3) is 0.211. The summed E-state index contributed by atoms with van der Waals surface area (Å²) in [5.41, 5.74) is 2.46. The zero-order valence-corrected chi connectivity index (χ0v) is 13.7. The Hall–Kier alpha value is -2.99. The molecule has 2 aromatic carbocycles. The molecule has 0 fully saturated rings. The number of aliphatic hydroxyl groups is 1. The third-order valence-corrected chi connectivity index (χ3v) is 3.87. The highest BCUT2D eigenvalue weighted by Gasteiger charge is 2.13. The number of nitrogens with one attached hydrogen (secondary N) is 1. The van der Waals surface area contributed by atoms with Crippen molar-refractivity contribution in [3.8, 4) is 0 Å². The van der Waals surface area contributed by atoms with Gasteiger partial charge in [-0.1, -0.05) is 48.5 Å². The fourth-order valence-corrected chi connectivity index (χ4v) is 2.63. The molecule has 25 heavy (non-hydrogen) atoms. The highest BCUT2D eigenvalue weighted by atomic mass is 16.3. The Bertz CT molecular complexity index is 803. The molecule has 0 aliphatic heterocycles. The maximum Gasteiger partial charge on any atom is 0.251 e. The molecule has 1 atom stereocenters. The molecule has 0 radical (unpaired) electrons. The van der Waals surface area contributed by atoms with E-state index >= 15 is 0 Å². The van der Waals surface area contributed by atoms with E-state index in [1.807, 2.05) is 48.5 Å². The number of benzene rings is 2. The van der Waals surface area contributed by atoms with Crippen LogP contribution < -0.4 is 5.32 Å². The van der Waals surface area contributed by atoms with E-state index in [1.54, 1.807) is 17.1 Å². The lowest BCUT2D eigenvalue weighted by atomic mass is 10.1. The smallest absolute Gasteiger partial charge is 0.251 e. The topological polar surface area (TPSA) is 80.0 Å². The minimum Gasteiger partial charge on any atom is -0.391 e. The van der Waals surface area contributed by atoms with Crippen LogP contribution in [-0.2, 0) is 13.0 Å². The van der Waals surface area contributed by atoms with Crippen molar-refractivity contribution in [1.29, 1.82) is 0 Å². The molecule has 0 aliphatic rings. The highest BCUT2D eigenvalue weighted by Crippen LogP contribution is 2.10. The van der Waals surface area contributed by atoms with Gasteiger partial charge in [-0.2, -0.15) is 5.10 Å². The SMILES string of the molecule is O=C(NCC(O)Cc1ccccc1)c1ccccc1Cn1cncn1. The van der Waals surface area contributed by atoms with Gasteiger partial charge in [0.2, 0.25) is 0 Å². The van der Waals surface area contributed by atoms with Crippen molar-refractivity contribution < 1.29 is 9.90 Å². The van der Waals surface area contributed by atoms with E-state index in [0.717, 1.165) is 11.1 Å². The Labute approximate surface area is 146 Å². The number of aliphatic hydroxyl groups excluding tert-OH is 1. The van der Waals surface area contributed by atoms with Crippen LogP contribution >= 0.6 is 0 Å². The van der Waals surface area contributed by atoms with Crippen molar-refractivity contribution in [2.24, 2.45) is 0 Å². The molecule has 6 heteroatoms. The van der Waals surface area contributed by atoms with Gasteiger partial charge in [0.05, 0.1) is 12.6 Å². The average molecular weight is 336 g/mol. The van der Waals surface area contributed by atoms with Gasteiger partial charge in [-0.05, 0) is 17.2 Å². The van der Waals surface area contributed by atoms with Crippen LogP contribution in [0.2, 0.25) is 0 Å². The lowest BCUT2D eigenvalue weighted by Crippen LogP contribution is -2.33. The lowest BCUT2D eigenvalue weighted by molar-refractivity contribution is 0.0915. The molecular formula is C19H20N4O2. The molecule has 3 rings (SSSR count). The molecule has 1 aromatic heterocycles. The standard InChI is InChI=1S/C19H20N4O2/c24-17(10-15-6-2-1-3-7-15)11-21-19(25)18-9-5-4-8-16(18)12-23-14-20-13-22-23/h1-9,13-14,17,24H,10-12H2,(H,21,25). The van der Waals surface area contributed by atoms with E-state index in [1.165, 1.54) is 6.33 Å². The van der Waals surface area contributed by atoms with Gasteiger partial charge in [0, 0.05) is 18.5 Å². The first-order valence-corrected chi connectivity index (χ1v) is 8.13. The molecule has 128 valence electrons. The monoisotopic (exact) mass is 336 g/mol. The molecular weight excluding hydrogens is 316 g/mol. The van der Waals surface area contributed by atoms with Crippen LogP contribution in [0.4, 0.5) is 0 Å². The number of hydrogen-bond donors (Lipinski definition) is 2. The van der Waals surface area contributed by atoms with E-state index in [0.29, 0.717) is 18.5 Å². The highest BCUT2D eigenvalue weighted by molar-refractivity contribution is 5.95. The maximum atomic E-state index is 12.5. The van der Waals surface area contributed by atoms with Crippen molar-refractivity contribution in [2.45, 2.75) is 19.1 Å². The summed E-state index contributed by atoms with van der Waals surface area (Å²) in [7, 11) is 0. The molecule has 0 saturated heterocycles. The molecule has 0 spiro atoms. The Morgan fingerprint density at radius 3 is 2.64 bits per heavy atom. The predicted octanol–water partition coefficient (Wildman–Crippen LogP) is 1.66. The Kier molecular flexibility index (Phi) is 5.53. The van der Waals surface area contributed by atoms with Crippen molar-refractivity contribution >= 4 is 5.91 Å². The van der Waals surface area contributed by atoms with Gasteiger partial charge in [0.25, 0.3) is 5.91 Å². The van der Waals surface area contributed by atoms with Gasteiger partial charge < -0.3 is 10.4 Å². The summed E-state index contributed by atoms with van der Waals surface area (Å²) < 4.78 is 1.66. The van der Waals surface area contributed by atoms with Gasteiger partial charge >= 0.3 is 0 Å². The summed E-state index contributed by atoms with van der Waals surface area (Å²) in [6, 6.07) is 17.1. The quantitative estimate of drug-likeness (QED) is 0.688. The second-order valence-corrected chi connectivity index (χ2v) is 5.80. The summed E-state index contributed by atoms with van der Waals surface area (Å²) in [6.07, 6.45) is 2.94. The number of aromatic nitrogens is 3. The zero-order valence-electron chi connectivity index (χ0n) is 13.7. The van der Waals surface area contributed by atoms with E-state index in [9.17, 15) is 9.90 Å². The van der Waals surface area contributed by atoms with Crippen LogP contribution in [-0.4, -0.2) is 38.4 Å². The van der Waals surface area contributed by atoms with Gasteiger partial charge in [-0.15, -0.1) is 0 Å². The Balaban J connectivity index is 1.59. The van der Waals surface area contributed by atoms with Gasteiger partial charge in [0.15, 0.2) is 0 Å². The fourth-order valence-electron chi connectivity index (χ4n) is 2.63. The van der Waals surface area contributed by atoms with E-state index in [4.69, 9.17) is 0 Å². The average Bonchev–Trinajstić information content (AvgIpc) is 3.14. The van der Waals surface area contributed by atoms with Crippen LogP contribution in [0.5, 0.6) is 0 Å². The summed E-state index contributed by atoms with van der Waals surface area (Å²) in [5, 5.41) is 17.0. The first kappa shape index (κ1) is 16.9. The minimum absolute atomic E-state index is 0.200. The van der Waals surface area contributed by atoms with Gasteiger partial charge in [0.1, 0.15) is 12.7 Å². The lowest BCUT2D eigenvalue weighted by Gasteiger charge is -2.14. The predicted molar refractivity (Wildman–Crippen MR) is 94.1 cm³/mol. The van der Waals surface area contributed by atoms with Gasteiger partial charge in [-0.25, -0.2) is 9.67 Å². The molecule has 1 amide bonds. The number of hydrogen-bond acceptors (Lipinski definition) is 4. The summed E-state index contributed by atoms with van der Waals surface area (Å²) >= 11 is 0. The third kappa shape index (κ3) is 4.74. The molecule has 2 N–H and O–H groups in total.